The fourth-order valence-corrected chi connectivity index (χ4v) is 4.03. The molecule has 0 N–H and O–H groups in total. The number of hydrogen-bond acceptors (Lipinski definition) is 5. The van der Waals surface area contributed by atoms with Crippen LogP contribution in [-0.4, -0.2) is 24.0 Å². The minimum atomic E-state index is -0.334. The number of ether oxygens (including phenoxy) is 3. The van der Waals surface area contributed by atoms with Crippen LogP contribution in [0.3, 0.4) is 0 Å². The van der Waals surface area contributed by atoms with E-state index in [1.165, 1.54) is 11.8 Å². The SMILES string of the molecule is CCc1ccc(OC2=COC3CC(OC(=O)c4cccc(C)c4)CCC3C2=O)cc1. The lowest BCUT2D eigenvalue weighted by molar-refractivity contribution is -0.132. The van der Waals surface area contributed by atoms with Crippen molar-refractivity contribution in [1.29, 1.82) is 0 Å². The first-order valence-electron chi connectivity index (χ1n) is 10.5. The van der Waals surface area contributed by atoms with Crippen molar-refractivity contribution < 1.29 is 23.8 Å². The topological polar surface area (TPSA) is 61.8 Å². The summed E-state index contributed by atoms with van der Waals surface area (Å²) in [7, 11) is 0. The van der Waals surface area contributed by atoms with Crippen LogP contribution < -0.4 is 4.74 Å². The molecule has 1 aliphatic heterocycles. The van der Waals surface area contributed by atoms with Crippen LogP contribution in [0.5, 0.6) is 5.75 Å². The van der Waals surface area contributed by atoms with E-state index in [4.69, 9.17) is 14.2 Å². The Bertz CT molecular complexity index is 960. The predicted octanol–water partition coefficient (Wildman–Crippen LogP) is 4.77. The molecule has 3 unspecified atom stereocenters. The molecule has 1 saturated carbocycles. The van der Waals surface area contributed by atoms with E-state index < -0.39 is 0 Å². The number of carbonyl (C=O) groups excluding carboxylic acids is 2. The number of hydrogen-bond donors (Lipinski definition) is 0. The molecule has 30 heavy (non-hydrogen) atoms. The Hall–Kier alpha value is -3.08. The molecule has 0 saturated heterocycles. The quantitative estimate of drug-likeness (QED) is 0.669. The Morgan fingerprint density at radius 2 is 1.93 bits per heavy atom. The largest absolute Gasteiger partial charge is 0.493 e. The van der Waals surface area contributed by atoms with E-state index in [2.05, 4.69) is 6.92 Å². The Morgan fingerprint density at radius 3 is 2.67 bits per heavy atom. The lowest BCUT2D eigenvalue weighted by atomic mass is 9.80. The fraction of sp³-hybridized carbons (Fsp3) is 0.360. The van der Waals surface area contributed by atoms with Gasteiger partial charge in [0.25, 0.3) is 0 Å². The van der Waals surface area contributed by atoms with Gasteiger partial charge in [-0.15, -0.1) is 0 Å². The summed E-state index contributed by atoms with van der Waals surface area (Å²) in [4.78, 5) is 25.3. The number of carbonyl (C=O) groups is 2. The lowest BCUT2D eigenvalue weighted by Gasteiger charge is -2.36. The van der Waals surface area contributed by atoms with Crippen LogP contribution >= 0.6 is 0 Å². The summed E-state index contributed by atoms with van der Waals surface area (Å²) in [6.45, 7) is 4.03. The molecule has 2 aromatic carbocycles. The molecule has 2 aromatic rings. The number of ketones is 1. The second kappa shape index (κ2) is 8.74. The molecule has 1 aliphatic carbocycles. The molecule has 0 spiro atoms. The highest BCUT2D eigenvalue weighted by molar-refractivity contribution is 5.96. The van der Waals surface area contributed by atoms with Crippen molar-refractivity contribution in [3.63, 3.8) is 0 Å². The summed E-state index contributed by atoms with van der Waals surface area (Å²) in [5.74, 6) is 0.202. The van der Waals surface area contributed by atoms with Crippen LogP contribution in [0.1, 0.15) is 47.7 Å². The first kappa shape index (κ1) is 20.2. The Kier molecular flexibility index (Phi) is 5.88. The van der Waals surface area contributed by atoms with Crippen LogP contribution in [-0.2, 0) is 20.7 Å². The smallest absolute Gasteiger partial charge is 0.338 e. The maximum absolute atomic E-state index is 12.9. The number of benzene rings is 2. The molecular weight excluding hydrogens is 380 g/mol. The lowest BCUT2D eigenvalue weighted by Crippen LogP contribution is -2.43. The molecule has 0 radical (unpaired) electrons. The molecule has 3 atom stereocenters. The van der Waals surface area contributed by atoms with Gasteiger partial charge in [-0.3, -0.25) is 4.79 Å². The van der Waals surface area contributed by atoms with Crippen molar-refractivity contribution in [1.82, 2.24) is 0 Å². The maximum Gasteiger partial charge on any atom is 0.338 e. The zero-order valence-corrected chi connectivity index (χ0v) is 17.3. The monoisotopic (exact) mass is 406 g/mol. The number of fused-ring (bicyclic) bond motifs is 1. The van der Waals surface area contributed by atoms with Gasteiger partial charge in [0.15, 0.2) is 0 Å². The number of aryl methyl sites for hydroxylation is 2. The van der Waals surface area contributed by atoms with Crippen molar-refractivity contribution in [2.75, 3.05) is 0 Å². The van der Waals surface area contributed by atoms with Gasteiger partial charge in [0.2, 0.25) is 11.5 Å². The average Bonchev–Trinajstić information content (AvgIpc) is 2.76. The van der Waals surface area contributed by atoms with E-state index in [1.807, 2.05) is 49.4 Å². The molecule has 2 aliphatic rings. The van der Waals surface area contributed by atoms with Gasteiger partial charge in [-0.25, -0.2) is 4.79 Å². The van der Waals surface area contributed by atoms with Crippen LogP contribution in [0, 0.1) is 12.8 Å². The van der Waals surface area contributed by atoms with E-state index in [0.29, 0.717) is 30.6 Å². The highest BCUT2D eigenvalue weighted by atomic mass is 16.6. The highest BCUT2D eigenvalue weighted by Gasteiger charge is 2.42. The van der Waals surface area contributed by atoms with E-state index in [0.717, 1.165) is 12.0 Å². The minimum absolute atomic E-state index is 0.0470. The molecule has 1 heterocycles. The van der Waals surface area contributed by atoms with Gasteiger partial charge >= 0.3 is 5.97 Å². The zero-order valence-electron chi connectivity index (χ0n) is 17.3. The van der Waals surface area contributed by atoms with Crippen LogP contribution in [0.15, 0.2) is 60.6 Å². The van der Waals surface area contributed by atoms with Crippen molar-refractivity contribution in [2.24, 2.45) is 5.92 Å². The molecule has 5 heteroatoms. The minimum Gasteiger partial charge on any atom is -0.493 e. The average molecular weight is 406 g/mol. The normalized spacial score (nSPS) is 23.1. The number of esters is 1. The maximum atomic E-state index is 12.9. The Morgan fingerprint density at radius 1 is 1.13 bits per heavy atom. The predicted molar refractivity (Wildman–Crippen MR) is 112 cm³/mol. The molecule has 4 rings (SSSR count). The van der Waals surface area contributed by atoms with E-state index in [9.17, 15) is 9.59 Å². The molecule has 0 aromatic heterocycles. The van der Waals surface area contributed by atoms with Gasteiger partial charge < -0.3 is 14.2 Å². The third-order valence-electron chi connectivity index (χ3n) is 5.76. The second-order valence-corrected chi connectivity index (χ2v) is 7.94. The standard InChI is InChI=1S/C25H26O5/c1-3-17-7-9-19(10-8-17)29-23-15-28-22-14-20(11-12-21(22)24(23)26)30-25(27)18-6-4-5-16(2)13-18/h4-10,13,15,20-22H,3,11-12,14H2,1-2H3. The van der Waals surface area contributed by atoms with Gasteiger partial charge in [-0.1, -0.05) is 36.8 Å². The Labute approximate surface area is 176 Å². The highest BCUT2D eigenvalue weighted by Crippen LogP contribution is 2.35. The van der Waals surface area contributed by atoms with Crippen LogP contribution in [0.4, 0.5) is 0 Å². The van der Waals surface area contributed by atoms with Crippen molar-refractivity contribution >= 4 is 11.8 Å². The number of allylic oxidation sites excluding steroid dienone is 1. The first-order valence-corrected chi connectivity index (χ1v) is 10.5. The van der Waals surface area contributed by atoms with Gasteiger partial charge in [0, 0.05) is 6.42 Å². The van der Waals surface area contributed by atoms with Crippen LogP contribution in [0.2, 0.25) is 0 Å². The summed E-state index contributed by atoms with van der Waals surface area (Å²) in [6.07, 6.45) is 3.53. The third kappa shape index (κ3) is 4.40. The summed E-state index contributed by atoms with van der Waals surface area (Å²) < 4.78 is 17.3. The van der Waals surface area contributed by atoms with E-state index in [1.54, 1.807) is 6.07 Å². The summed E-state index contributed by atoms with van der Waals surface area (Å²) in [5, 5.41) is 0. The van der Waals surface area contributed by atoms with E-state index in [-0.39, 0.29) is 35.6 Å². The van der Waals surface area contributed by atoms with Gasteiger partial charge in [-0.2, -0.15) is 0 Å². The zero-order chi connectivity index (χ0) is 21.1. The summed E-state index contributed by atoms with van der Waals surface area (Å²) in [6, 6.07) is 15.0. The van der Waals surface area contributed by atoms with Crippen LogP contribution in [0.25, 0.3) is 0 Å². The number of rotatable bonds is 5. The Balaban J connectivity index is 1.37. The van der Waals surface area contributed by atoms with E-state index >= 15 is 0 Å². The van der Waals surface area contributed by atoms with Crippen molar-refractivity contribution in [3.05, 3.63) is 77.2 Å². The second-order valence-electron chi connectivity index (χ2n) is 7.94. The number of Topliss-reactive ketones (excluding diaryl/α,β-unsaturated/α-hetero) is 1. The summed E-state index contributed by atoms with van der Waals surface area (Å²) >= 11 is 0. The fourth-order valence-electron chi connectivity index (χ4n) is 4.03. The third-order valence-corrected chi connectivity index (χ3v) is 5.76. The molecule has 156 valence electrons. The molecular formula is C25H26O5. The summed E-state index contributed by atoms with van der Waals surface area (Å²) in [5.41, 5.74) is 2.76. The van der Waals surface area contributed by atoms with Gasteiger partial charge in [-0.05, 0) is 56.0 Å². The molecule has 1 fully saturated rings. The molecule has 5 nitrogen and oxygen atoms in total. The van der Waals surface area contributed by atoms with Crippen molar-refractivity contribution in [3.8, 4) is 5.75 Å². The van der Waals surface area contributed by atoms with Crippen molar-refractivity contribution in [2.45, 2.75) is 51.7 Å². The van der Waals surface area contributed by atoms with Gasteiger partial charge in [0.05, 0.1) is 11.5 Å². The molecule has 0 bridgehead atoms. The molecule has 0 amide bonds. The first-order chi connectivity index (χ1) is 14.5. The van der Waals surface area contributed by atoms with Gasteiger partial charge in [0.1, 0.15) is 24.2 Å².